The van der Waals surface area contributed by atoms with Crippen LogP contribution in [0.4, 0.5) is 11.8 Å². The smallest absolute Gasteiger partial charge is 0.227 e. The Balaban J connectivity index is 1.61. The molecule has 1 saturated heterocycles. The summed E-state index contributed by atoms with van der Waals surface area (Å²) in [6.07, 6.45) is 6.37. The molecule has 0 radical (unpaired) electrons. The lowest BCUT2D eigenvalue weighted by atomic mass is 10.0. The first kappa shape index (κ1) is 18.2. The zero-order chi connectivity index (χ0) is 19.0. The molecule has 0 amide bonds. The van der Waals surface area contributed by atoms with Gasteiger partial charge in [-0.15, -0.1) is 0 Å². The van der Waals surface area contributed by atoms with E-state index in [1.165, 1.54) is 11.1 Å². The van der Waals surface area contributed by atoms with E-state index in [-0.39, 0.29) is 6.10 Å². The number of hydrogen-bond acceptors (Lipinski definition) is 7. The molecule has 4 rings (SSSR count). The van der Waals surface area contributed by atoms with Crippen molar-refractivity contribution in [3.05, 3.63) is 29.2 Å². The Bertz CT molecular complexity index is 795. The van der Waals surface area contributed by atoms with Gasteiger partial charge < -0.3 is 14.9 Å². The average molecular weight is 371 g/mol. The van der Waals surface area contributed by atoms with E-state index in [0.29, 0.717) is 0 Å². The summed E-state index contributed by atoms with van der Waals surface area (Å²) in [5.74, 6) is 1.82. The van der Waals surface area contributed by atoms with E-state index in [9.17, 15) is 5.11 Å². The fourth-order valence-corrected chi connectivity index (χ4v) is 3.93. The number of aromatic nitrogens is 4. The molecule has 2 aromatic heterocycles. The second-order valence-electron chi connectivity index (χ2n) is 7.87. The molecule has 146 valence electrons. The van der Waals surface area contributed by atoms with Crippen molar-refractivity contribution in [1.29, 1.82) is 0 Å². The zero-order valence-electron chi connectivity index (χ0n) is 16.5. The number of nitrogens with zero attached hydrogens (tertiary/aromatic N) is 7. The number of aliphatic hydroxyl groups is 1. The standard InChI is InChI=1S/C19H29N7O/c1-23(2)19-21-17-6-7-25(12-14-10-20-24(3)11-14)13-16(17)18(22-19)26-8-4-15(27)5-9-26/h10-11,15,27H,4-9,12-13H2,1-3H3. The molecule has 2 aliphatic heterocycles. The summed E-state index contributed by atoms with van der Waals surface area (Å²) in [5, 5.41) is 14.2. The molecule has 8 heteroatoms. The van der Waals surface area contributed by atoms with Gasteiger partial charge in [-0.2, -0.15) is 10.1 Å². The summed E-state index contributed by atoms with van der Waals surface area (Å²) in [5.41, 5.74) is 3.64. The van der Waals surface area contributed by atoms with Crippen molar-refractivity contribution in [1.82, 2.24) is 24.6 Å². The van der Waals surface area contributed by atoms with Crippen LogP contribution in [0.25, 0.3) is 0 Å². The van der Waals surface area contributed by atoms with Crippen LogP contribution in [0, 0.1) is 0 Å². The van der Waals surface area contributed by atoms with Crippen LogP contribution < -0.4 is 9.80 Å². The van der Waals surface area contributed by atoms with Crippen LogP contribution >= 0.6 is 0 Å². The minimum Gasteiger partial charge on any atom is -0.393 e. The lowest BCUT2D eigenvalue weighted by Crippen LogP contribution is -2.39. The maximum absolute atomic E-state index is 9.88. The first-order valence-corrected chi connectivity index (χ1v) is 9.69. The van der Waals surface area contributed by atoms with Crippen LogP contribution in [0.3, 0.4) is 0 Å². The fraction of sp³-hybridized carbons (Fsp3) is 0.632. The van der Waals surface area contributed by atoms with Crippen molar-refractivity contribution >= 4 is 11.8 Å². The number of hydrogen-bond donors (Lipinski definition) is 1. The number of anilines is 2. The molecule has 1 fully saturated rings. The van der Waals surface area contributed by atoms with Gasteiger partial charge in [0.15, 0.2) is 0 Å². The number of aliphatic hydroxyl groups excluding tert-OH is 1. The van der Waals surface area contributed by atoms with Gasteiger partial charge in [-0.1, -0.05) is 0 Å². The average Bonchev–Trinajstić information content (AvgIpc) is 3.06. The molecular weight excluding hydrogens is 342 g/mol. The van der Waals surface area contributed by atoms with Gasteiger partial charge in [-0.3, -0.25) is 9.58 Å². The first-order valence-electron chi connectivity index (χ1n) is 9.69. The normalized spacial score (nSPS) is 18.6. The lowest BCUT2D eigenvalue weighted by molar-refractivity contribution is 0.145. The van der Waals surface area contributed by atoms with Gasteiger partial charge in [0.05, 0.1) is 18.0 Å². The highest BCUT2D eigenvalue weighted by Crippen LogP contribution is 2.31. The van der Waals surface area contributed by atoms with Crippen molar-refractivity contribution in [2.45, 2.75) is 38.5 Å². The van der Waals surface area contributed by atoms with Crippen LogP contribution in [0.1, 0.15) is 29.7 Å². The van der Waals surface area contributed by atoms with Crippen LogP contribution in [0.5, 0.6) is 0 Å². The molecule has 2 aromatic rings. The van der Waals surface area contributed by atoms with Crippen molar-refractivity contribution < 1.29 is 5.11 Å². The van der Waals surface area contributed by atoms with Crippen LogP contribution in [-0.2, 0) is 26.6 Å². The summed E-state index contributed by atoms with van der Waals surface area (Å²) in [6, 6.07) is 0. The predicted octanol–water partition coefficient (Wildman–Crippen LogP) is 0.795. The molecule has 0 aromatic carbocycles. The van der Waals surface area contributed by atoms with Crippen molar-refractivity contribution in [2.24, 2.45) is 7.05 Å². The van der Waals surface area contributed by atoms with E-state index >= 15 is 0 Å². The lowest BCUT2D eigenvalue weighted by Gasteiger charge is -2.36. The summed E-state index contributed by atoms with van der Waals surface area (Å²) in [6.45, 7) is 4.43. The van der Waals surface area contributed by atoms with Gasteiger partial charge in [0.2, 0.25) is 5.95 Å². The van der Waals surface area contributed by atoms with E-state index in [1.54, 1.807) is 0 Å². The fourth-order valence-electron chi connectivity index (χ4n) is 3.93. The van der Waals surface area contributed by atoms with E-state index in [2.05, 4.69) is 21.1 Å². The largest absolute Gasteiger partial charge is 0.393 e. The Hall–Kier alpha value is -2.19. The minimum absolute atomic E-state index is 0.186. The van der Waals surface area contributed by atoms with Gasteiger partial charge >= 0.3 is 0 Å². The third-order valence-corrected chi connectivity index (χ3v) is 5.43. The minimum atomic E-state index is -0.186. The summed E-state index contributed by atoms with van der Waals surface area (Å²) >= 11 is 0. The molecular formula is C19H29N7O. The highest BCUT2D eigenvalue weighted by molar-refractivity contribution is 5.54. The molecule has 0 saturated carbocycles. The van der Waals surface area contributed by atoms with E-state index < -0.39 is 0 Å². The van der Waals surface area contributed by atoms with Gasteiger partial charge in [-0.05, 0) is 12.8 Å². The second kappa shape index (κ2) is 7.44. The van der Waals surface area contributed by atoms with Crippen molar-refractivity contribution in [2.75, 3.05) is 43.5 Å². The monoisotopic (exact) mass is 371 g/mol. The van der Waals surface area contributed by atoms with Crippen LogP contribution in [0.2, 0.25) is 0 Å². The molecule has 4 heterocycles. The Morgan fingerprint density at radius 3 is 2.63 bits per heavy atom. The second-order valence-corrected chi connectivity index (χ2v) is 7.87. The Morgan fingerprint density at radius 2 is 1.96 bits per heavy atom. The first-order chi connectivity index (χ1) is 13.0. The third-order valence-electron chi connectivity index (χ3n) is 5.43. The van der Waals surface area contributed by atoms with Gasteiger partial charge in [0, 0.05) is 77.6 Å². The SMILES string of the molecule is CN(C)c1nc2c(c(N3CCC(O)CC3)n1)CN(Cc1cnn(C)c1)CC2. The zero-order valence-corrected chi connectivity index (χ0v) is 16.5. The van der Waals surface area contributed by atoms with Crippen molar-refractivity contribution in [3.63, 3.8) is 0 Å². The maximum atomic E-state index is 9.88. The van der Waals surface area contributed by atoms with Crippen LogP contribution in [0.15, 0.2) is 12.4 Å². The molecule has 1 N–H and O–H groups in total. The Morgan fingerprint density at radius 1 is 1.19 bits per heavy atom. The Kier molecular flexibility index (Phi) is 5.01. The molecule has 8 nitrogen and oxygen atoms in total. The number of rotatable bonds is 4. The van der Waals surface area contributed by atoms with Gasteiger partial charge in [0.25, 0.3) is 0 Å². The summed E-state index contributed by atoms with van der Waals surface area (Å²) < 4.78 is 1.85. The highest BCUT2D eigenvalue weighted by atomic mass is 16.3. The number of aryl methyl sites for hydroxylation is 1. The molecule has 0 atom stereocenters. The predicted molar refractivity (Wildman–Crippen MR) is 105 cm³/mol. The quantitative estimate of drug-likeness (QED) is 0.852. The van der Waals surface area contributed by atoms with Crippen LogP contribution in [-0.4, -0.2) is 69.6 Å². The molecule has 0 spiro atoms. The van der Waals surface area contributed by atoms with E-state index in [1.807, 2.05) is 36.9 Å². The summed E-state index contributed by atoms with van der Waals surface area (Å²) in [4.78, 5) is 16.5. The van der Waals surface area contributed by atoms with Gasteiger partial charge in [-0.25, -0.2) is 4.98 Å². The molecule has 0 unspecified atom stereocenters. The maximum Gasteiger partial charge on any atom is 0.227 e. The topological polar surface area (TPSA) is 73.6 Å². The van der Waals surface area contributed by atoms with E-state index in [4.69, 9.17) is 9.97 Å². The molecule has 2 aliphatic rings. The van der Waals surface area contributed by atoms with Gasteiger partial charge in [0.1, 0.15) is 5.82 Å². The number of fused-ring (bicyclic) bond motifs is 1. The molecule has 27 heavy (non-hydrogen) atoms. The Labute approximate surface area is 160 Å². The third kappa shape index (κ3) is 3.91. The number of piperidine rings is 1. The molecule has 0 bridgehead atoms. The highest BCUT2D eigenvalue weighted by Gasteiger charge is 2.28. The van der Waals surface area contributed by atoms with E-state index in [0.717, 1.165) is 69.4 Å². The van der Waals surface area contributed by atoms with Crippen molar-refractivity contribution in [3.8, 4) is 0 Å². The molecule has 0 aliphatic carbocycles. The summed E-state index contributed by atoms with van der Waals surface area (Å²) in [7, 11) is 5.93.